The predicted octanol–water partition coefficient (Wildman–Crippen LogP) is 1.05. The fraction of sp³-hybridized carbons (Fsp3) is 0.385. The fourth-order valence-corrected chi connectivity index (χ4v) is 1.44. The molecule has 0 spiro atoms. The minimum atomic E-state index is -0.678. The van der Waals surface area contributed by atoms with Gasteiger partial charge in [0.15, 0.2) is 0 Å². The van der Waals surface area contributed by atoms with E-state index in [1.165, 1.54) is 12.1 Å². The molecule has 0 saturated heterocycles. The second-order valence-corrected chi connectivity index (χ2v) is 5.22. The van der Waals surface area contributed by atoms with Crippen LogP contribution in [0, 0.1) is 5.82 Å². The lowest BCUT2D eigenvalue weighted by Crippen LogP contribution is -2.45. The fourth-order valence-electron chi connectivity index (χ4n) is 1.44. The Bertz CT molecular complexity index is 495. The number of anilines is 1. The first-order chi connectivity index (χ1) is 8.69. The summed E-state index contributed by atoms with van der Waals surface area (Å²) in [6, 6.07) is 3.70. The van der Waals surface area contributed by atoms with Gasteiger partial charge in [0.2, 0.25) is 5.91 Å². The van der Waals surface area contributed by atoms with Crippen molar-refractivity contribution in [3.8, 4) is 0 Å². The van der Waals surface area contributed by atoms with E-state index in [1.807, 2.05) is 20.8 Å². The highest BCUT2D eigenvalue weighted by Gasteiger charge is 2.16. The molecule has 104 valence electrons. The Morgan fingerprint density at radius 3 is 2.53 bits per heavy atom. The number of benzene rings is 1. The van der Waals surface area contributed by atoms with E-state index in [1.54, 1.807) is 0 Å². The number of amides is 2. The molecule has 19 heavy (non-hydrogen) atoms. The molecular weight excluding hydrogens is 249 g/mol. The van der Waals surface area contributed by atoms with Crippen molar-refractivity contribution >= 4 is 17.5 Å². The number of hydrogen-bond donors (Lipinski definition) is 3. The van der Waals surface area contributed by atoms with Crippen molar-refractivity contribution in [2.24, 2.45) is 0 Å². The van der Waals surface area contributed by atoms with E-state index in [4.69, 9.17) is 5.73 Å². The summed E-state index contributed by atoms with van der Waals surface area (Å²) in [5.74, 6) is -1.69. The van der Waals surface area contributed by atoms with Gasteiger partial charge < -0.3 is 16.4 Å². The monoisotopic (exact) mass is 267 g/mol. The lowest BCUT2D eigenvalue weighted by Gasteiger charge is -2.20. The topological polar surface area (TPSA) is 84.2 Å². The number of carbonyl (C=O) groups is 2. The highest BCUT2D eigenvalue weighted by atomic mass is 19.1. The summed E-state index contributed by atoms with van der Waals surface area (Å²) in [6.45, 7) is 5.25. The van der Waals surface area contributed by atoms with Crippen LogP contribution in [-0.4, -0.2) is 23.9 Å². The van der Waals surface area contributed by atoms with Crippen LogP contribution in [-0.2, 0) is 4.79 Å². The van der Waals surface area contributed by atoms with Crippen molar-refractivity contribution in [1.29, 1.82) is 0 Å². The highest BCUT2D eigenvalue weighted by molar-refractivity contribution is 5.97. The minimum absolute atomic E-state index is 0.177. The zero-order valence-electron chi connectivity index (χ0n) is 11.2. The van der Waals surface area contributed by atoms with Gasteiger partial charge in [0, 0.05) is 11.2 Å². The summed E-state index contributed by atoms with van der Waals surface area (Å²) in [6.07, 6.45) is 0. The maximum Gasteiger partial charge on any atom is 0.254 e. The summed E-state index contributed by atoms with van der Waals surface area (Å²) >= 11 is 0. The van der Waals surface area contributed by atoms with E-state index in [2.05, 4.69) is 10.6 Å². The van der Waals surface area contributed by atoms with Crippen LogP contribution in [0.15, 0.2) is 18.2 Å². The number of carbonyl (C=O) groups excluding carboxylic acids is 2. The maximum absolute atomic E-state index is 13.4. The van der Waals surface area contributed by atoms with Gasteiger partial charge in [-0.2, -0.15) is 0 Å². The molecular formula is C13H18FN3O2. The molecule has 0 aliphatic rings. The molecule has 0 atom stereocenters. The van der Waals surface area contributed by atoms with E-state index in [-0.39, 0.29) is 29.2 Å². The van der Waals surface area contributed by atoms with Crippen LogP contribution in [0.1, 0.15) is 31.1 Å². The van der Waals surface area contributed by atoms with E-state index in [0.717, 1.165) is 6.07 Å². The van der Waals surface area contributed by atoms with Gasteiger partial charge >= 0.3 is 0 Å². The van der Waals surface area contributed by atoms with Crippen molar-refractivity contribution in [2.75, 3.05) is 12.3 Å². The normalized spacial score (nSPS) is 10.9. The summed E-state index contributed by atoms with van der Waals surface area (Å²) in [5, 5.41) is 5.02. The smallest absolute Gasteiger partial charge is 0.254 e. The van der Waals surface area contributed by atoms with Crippen LogP contribution in [0.3, 0.4) is 0 Å². The van der Waals surface area contributed by atoms with Crippen molar-refractivity contribution in [3.63, 3.8) is 0 Å². The Hall–Kier alpha value is -2.11. The molecule has 0 heterocycles. The minimum Gasteiger partial charge on any atom is -0.399 e. The molecule has 4 N–H and O–H groups in total. The number of hydrogen-bond acceptors (Lipinski definition) is 3. The standard InChI is InChI=1S/C13H18FN3O2/c1-13(2,3)17-11(18)7-16-12(19)9-6-8(15)4-5-10(9)14/h4-6H,7,15H2,1-3H3,(H,16,19)(H,17,18). The van der Waals surface area contributed by atoms with Gasteiger partial charge in [-0.25, -0.2) is 4.39 Å². The second kappa shape index (κ2) is 5.69. The first-order valence-corrected chi connectivity index (χ1v) is 5.83. The van der Waals surface area contributed by atoms with Gasteiger partial charge in [0.25, 0.3) is 5.91 Å². The van der Waals surface area contributed by atoms with Gasteiger partial charge in [-0.15, -0.1) is 0 Å². The van der Waals surface area contributed by atoms with Crippen LogP contribution in [0.4, 0.5) is 10.1 Å². The molecule has 0 saturated carbocycles. The average molecular weight is 267 g/mol. The number of halogens is 1. The Balaban J connectivity index is 2.61. The van der Waals surface area contributed by atoms with E-state index in [0.29, 0.717) is 0 Å². The maximum atomic E-state index is 13.4. The molecule has 1 aromatic rings. The number of rotatable bonds is 3. The predicted molar refractivity (Wildman–Crippen MR) is 71.0 cm³/mol. The SMILES string of the molecule is CC(C)(C)NC(=O)CNC(=O)c1cc(N)ccc1F. The van der Waals surface area contributed by atoms with Crippen molar-refractivity contribution < 1.29 is 14.0 Å². The Labute approximate surface area is 111 Å². The Morgan fingerprint density at radius 2 is 1.95 bits per heavy atom. The molecule has 1 rings (SSSR count). The lowest BCUT2D eigenvalue weighted by molar-refractivity contribution is -0.121. The van der Waals surface area contributed by atoms with Crippen LogP contribution >= 0.6 is 0 Å². The Kier molecular flexibility index (Phi) is 4.47. The van der Waals surface area contributed by atoms with E-state index >= 15 is 0 Å². The second-order valence-electron chi connectivity index (χ2n) is 5.22. The molecule has 0 bridgehead atoms. The molecule has 1 aromatic carbocycles. The molecule has 2 amide bonds. The summed E-state index contributed by atoms with van der Waals surface area (Å²) in [4.78, 5) is 23.2. The first kappa shape index (κ1) is 14.9. The van der Waals surface area contributed by atoms with Crippen LogP contribution < -0.4 is 16.4 Å². The van der Waals surface area contributed by atoms with Gasteiger partial charge in [-0.1, -0.05) is 0 Å². The first-order valence-electron chi connectivity index (χ1n) is 5.83. The quantitative estimate of drug-likeness (QED) is 0.716. The Morgan fingerprint density at radius 1 is 1.32 bits per heavy atom. The van der Waals surface area contributed by atoms with Crippen LogP contribution in [0.5, 0.6) is 0 Å². The summed E-state index contributed by atoms with van der Waals surface area (Å²) in [7, 11) is 0. The highest BCUT2D eigenvalue weighted by Crippen LogP contribution is 2.11. The van der Waals surface area contributed by atoms with E-state index in [9.17, 15) is 14.0 Å². The van der Waals surface area contributed by atoms with Gasteiger partial charge in [0.05, 0.1) is 12.1 Å². The third-order valence-corrected chi connectivity index (χ3v) is 2.16. The molecule has 0 unspecified atom stereocenters. The van der Waals surface area contributed by atoms with Crippen LogP contribution in [0.25, 0.3) is 0 Å². The lowest BCUT2D eigenvalue weighted by atomic mass is 10.1. The summed E-state index contributed by atoms with van der Waals surface area (Å²) in [5.41, 5.74) is 5.20. The summed E-state index contributed by atoms with van der Waals surface area (Å²) < 4.78 is 13.4. The number of nitrogen functional groups attached to an aromatic ring is 1. The van der Waals surface area contributed by atoms with Crippen molar-refractivity contribution in [2.45, 2.75) is 26.3 Å². The van der Waals surface area contributed by atoms with Gasteiger partial charge in [-0.3, -0.25) is 9.59 Å². The molecule has 6 heteroatoms. The average Bonchev–Trinajstić information content (AvgIpc) is 2.27. The zero-order valence-corrected chi connectivity index (χ0v) is 11.2. The van der Waals surface area contributed by atoms with Crippen molar-refractivity contribution in [1.82, 2.24) is 10.6 Å². The number of nitrogens with one attached hydrogen (secondary N) is 2. The zero-order chi connectivity index (χ0) is 14.6. The van der Waals surface area contributed by atoms with Gasteiger partial charge in [-0.05, 0) is 39.0 Å². The van der Waals surface area contributed by atoms with E-state index < -0.39 is 11.7 Å². The largest absolute Gasteiger partial charge is 0.399 e. The molecule has 0 aliphatic carbocycles. The molecule has 0 aromatic heterocycles. The molecule has 0 aliphatic heterocycles. The molecule has 0 radical (unpaired) electrons. The molecule has 5 nitrogen and oxygen atoms in total. The van der Waals surface area contributed by atoms with Crippen molar-refractivity contribution in [3.05, 3.63) is 29.6 Å². The molecule has 0 fully saturated rings. The van der Waals surface area contributed by atoms with Crippen LogP contribution in [0.2, 0.25) is 0 Å². The third-order valence-electron chi connectivity index (χ3n) is 2.16. The third kappa shape index (κ3) is 4.95. The van der Waals surface area contributed by atoms with Gasteiger partial charge in [0.1, 0.15) is 5.82 Å². The number of nitrogens with two attached hydrogens (primary N) is 1.